The minimum absolute atomic E-state index is 0.322. The topological polar surface area (TPSA) is 32.5 Å². The van der Waals surface area contributed by atoms with E-state index in [9.17, 15) is 0 Å². The van der Waals surface area contributed by atoms with E-state index in [1.807, 2.05) is 0 Å². The van der Waals surface area contributed by atoms with Crippen molar-refractivity contribution in [2.24, 2.45) is 5.73 Å². The third-order valence-corrected chi connectivity index (χ3v) is 5.01. The Hall–Kier alpha value is -1.84. The van der Waals surface area contributed by atoms with E-state index in [2.05, 4.69) is 80.3 Å². The standard InChI is InChI=1S/C20H27N3/c1-14-5-10-17-18(11-14)19(13-23(4)20(17)12-21)15-6-8-16(9-7-15)22(2)3/h5-11,19-20H,12-13,21H2,1-4H3. The van der Waals surface area contributed by atoms with Crippen LogP contribution in [0.4, 0.5) is 5.69 Å². The molecule has 0 fully saturated rings. The summed E-state index contributed by atoms with van der Waals surface area (Å²) in [5.74, 6) is 0.411. The van der Waals surface area contributed by atoms with Crippen LogP contribution in [0.2, 0.25) is 0 Å². The highest BCUT2D eigenvalue weighted by Crippen LogP contribution is 2.39. The molecule has 2 N–H and O–H groups in total. The van der Waals surface area contributed by atoms with Gasteiger partial charge >= 0.3 is 0 Å². The van der Waals surface area contributed by atoms with E-state index in [1.165, 1.54) is 27.9 Å². The molecule has 2 atom stereocenters. The molecule has 3 heteroatoms. The van der Waals surface area contributed by atoms with Crippen molar-refractivity contribution in [3.8, 4) is 0 Å². The van der Waals surface area contributed by atoms with Gasteiger partial charge < -0.3 is 10.6 Å². The van der Waals surface area contributed by atoms with Gasteiger partial charge in [-0.05, 0) is 42.8 Å². The Bertz CT molecular complexity index is 676. The molecule has 1 aliphatic heterocycles. The van der Waals surface area contributed by atoms with Crippen molar-refractivity contribution < 1.29 is 0 Å². The SMILES string of the molecule is Cc1ccc2c(c1)C(c1ccc(N(C)C)cc1)CN(C)C2CN. The lowest BCUT2D eigenvalue weighted by Gasteiger charge is -2.39. The van der Waals surface area contributed by atoms with Gasteiger partial charge in [0.2, 0.25) is 0 Å². The average Bonchev–Trinajstić information content (AvgIpc) is 2.54. The molecule has 2 unspecified atom stereocenters. The number of nitrogens with two attached hydrogens (primary N) is 1. The largest absolute Gasteiger partial charge is 0.378 e. The Kier molecular flexibility index (Phi) is 4.42. The molecule has 0 saturated carbocycles. The lowest BCUT2D eigenvalue weighted by Crippen LogP contribution is -2.39. The lowest BCUT2D eigenvalue weighted by molar-refractivity contribution is 0.223. The van der Waals surface area contributed by atoms with E-state index in [4.69, 9.17) is 5.73 Å². The van der Waals surface area contributed by atoms with Crippen LogP contribution in [-0.2, 0) is 0 Å². The van der Waals surface area contributed by atoms with Gasteiger partial charge in [0, 0.05) is 44.8 Å². The maximum absolute atomic E-state index is 6.04. The molecule has 2 aromatic rings. The van der Waals surface area contributed by atoms with Crippen molar-refractivity contribution >= 4 is 5.69 Å². The van der Waals surface area contributed by atoms with Crippen molar-refractivity contribution in [1.29, 1.82) is 0 Å². The van der Waals surface area contributed by atoms with Crippen LogP contribution in [0.25, 0.3) is 0 Å². The second kappa shape index (κ2) is 6.34. The quantitative estimate of drug-likeness (QED) is 0.945. The van der Waals surface area contributed by atoms with Crippen LogP contribution in [0, 0.1) is 6.92 Å². The maximum Gasteiger partial charge on any atom is 0.0470 e. The van der Waals surface area contributed by atoms with Crippen LogP contribution >= 0.6 is 0 Å². The zero-order chi connectivity index (χ0) is 16.6. The molecule has 122 valence electrons. The molecule has 0 radical (unpaired) electrons. The second-order valence-corrected chi connectivity index (χ2v) is 6.86. The molecule has 0 amide bonds. The highest BCUT2D eigenvalue weighted by molar-refractivity contribution is 5.50. The summed E-state index contributed by atoms with van der Waals surface area (Å²) in [5.41, 5.74) is 12.8. The summed E-state index contributed by atoms with van der Waals surface area (Å²) in [6, 6.07) is 16.1. The van der Waals surface area contributed by atoms with Crippen molar-refractivity contribution in [2.75, 3.05) is 39.1 Å². The number of nitrogens with zero attached hydrogens (tertiary/aromatic N) is 2. The Morgan fingerprint density at radius 3 is 2.39 bits per heavy atom. The number of anilines is 1. The number of likely N-dealkylation sites (N-methyl/N-ethyl adjacent to an activating group) is 1. The summed E-state index contributed by atoms with van der Waals surface area (Å²) in [7, 11) is 6.34. The van der Waals surface area contributed by atoms with Crippen molar-refractivity contribution in [2.45, 2.75) is 18.9 Å². The molecule has 3 rings (SSSR count). The Morgan fingerprint density at radius 1 is 1.09 bits per heavy atom. The van der Waals surface area contributed by atoms with Gasteiger partial charge in [-0.25, -0.2) is 0 Å². The minimum Gasteiger partial charge on any atom is -0.378 e. The van der Waals surface area contributed by atoms with E-state index in [-0.39, 0.29) is 0 Å². The zero-order valence-corrected chi connectivity index (χ0v) is 14.6. The van der Waals surface area contributed by atoms with Crippen molar-refractivity contribution in [3.05, 3.63) is 64.7 Å². The Morgan fingerprint density at radius 2 is 1.78 bits per heavy atom. The second-order valence-electron chi connectivity index (χ2n) is 6.86. The van der Waals surface area contributed by atoms with Crippen molar-refractivity contribution in [1.82, 2.24) is 4.90 Å². The van der Waals surface area contributed by atoms with Crippen LogP contribution in [0.1, 0.15) is 34.2 Å². The molecule has 1 aliphatic rings. The molecule has 1 heterocycles. The van der Waals surface area contributed by atoms with E-state index in [0.717, 1.165) is 6.54 Å². The van der Waals surface area contributed by atoms with Gasteiger partial charge in [-0.1, -0.05) is 35.9 Å². The fourth-order valence-electron chi connectivity index (χ4n) is 3.65. The molecule has 0 aliphatic carbocycles. The first-order valence-electron chi connectivity index (χ1n) is 8.29. The van der Waals surface area contributed by atoms with Gasteiger partial charge in [-0.15, -0.1) is 0 Å². The number of hydrogen-bond donors (Lipinski definition) is 1. The van der Waals surface area contributed by atoms with Gasteiger partial charge in [0.1, 0.15) is 0 Å². The summed E-state index contributed by atoms with van der Waals surface area (Å²) in [6.45, 7) is 3.85. The highest BCUT2D eigenvalue weighted by atomic mass is 15.1. The molecule has 0 aromatic heterocycles. The predicted octanol–water partition coefficient (Wildman–Crippen LogP) is 3.14. The lowest BCUT2D eigenvalue weighted by atomic mass is 9.81. The van der Waals surface area contributed by atoms with E-state index < -0.39 is 0 Å². The van der Waals surface area contributed by atoms with E-state index in [0.29, 0.717) is 18.5 Å². The van der Waals surface area contributed by atoms with Crippen LogP contribution < -0.4 is 10.6 Å². The number of rotatable bonds is 3. The van der Waals surface area contributed by atoms with Gasteiger partial charge in [0.15, 0.2) is 0 Å². The molecule has 0 spiro atoms. The van der Waals surface area contributed by atoms with Gasteiger partial charge in [-0.2, -0.15) is 0 Å². The summed E-state index contributed by atoms with van der Waals surface area (Å²) in [5, 5.41) is 0. The number of aryl methyl sites for hydroxylation is 1. The molecular weight excluding hydrogens is 282 g/mol. The predicted molar refractivity (Wildman–Crippen MR) is 98.2 cm³/mol. The first-order valence-corrected chi connectivity index (χ1v) is 8.29. The van der Waals surface area contributed by atoms with Gasteiger partial charge in [-0.3, -0.25) is 4.90 Å². The molecule has 0 bridgehead atoms. The van der Waals surface area contributed by atoms with E-state index in [1.54, 1.807) is 0 Å². The molecule has 23 heavy (non-hydrogen) atoms. The third-order valence-electron chi connectivity index (χ3n) is 5.01. The summed E-state index contributed by atoms with van der Waals surface area (Å²) in [6.07, 6.45) is 0. The number of benzene rings is 2. The average molecular weight is 309 g/mol. The van der Waals surface area contributed by atoms with Crippen LogP contribution in [0.5, 0.6) is 0 Å². The molecule has 2 aromatic carbocycles. The monoisotopic (exact) mass is 309 g/mol. The van der Waals surface area contributed by atoms with Gasteiger partial charge in [0.05, 0.1) is 0 Å². The summed E-state index contributed by atoms with van der Waals surface area (Å²) in [4.78, 5) is 4.53. The van der Waals surface area contributed by atoms with Crippen LogP contribution in [0.3, 0.4) is 0 Å². The number of fused-ring (bicyclic) bond motifs is 1. The zero-order valence-electron chi connectivity index (χ0n) is 14.6. The smallest absolute Gasteiger partial charge is 0.0470 e. The summed E-state index contributed by atoms with van der Waals surface area (Å²) < 4.78 is 0. The van der Waals surface area contributed by atoms with Crippen LogP contribution in [0.15, 0.2) is 42.5 Å². The normalized spacial score (nSPS) is 21.1. The molecule has 3 nitrogen and oxygen atoms in total. The van der Waals surface area contributed by atoms with Crippen molar-refractivity contribution in [3.63, 3.8) is 0 Å². The van der Waals surface area contributed by atoms with Gasteiger partial charge in [0.25, 0.3) is 0 Å². The fourth-order valence-corrected chi connectivity index (χ4v) is 3.65. The van der Waals surface area contributed by atoms with Crippen LogP contribution in [-0.4, -0.2) is 39.1 Å². The molecule has 0 saturated heterocycles. The maximum atomic E-state index is 6.04. The Labute approximate surface area is 139 Å². The first-order chi connectivity index (χ1) is 11.0. The third kappa shape index (κ3) is 2.99. The van der Waals surface area contributed by atoms with E-state index >= 15 is 0 Å². The number of hydrogen-bond acceptors (Lipinski definition) is 3. The fraction of sp³-hybridized carbons (Fsp3) is 0.400. The Balaban J connectivity index is 2.04. The highest BCUT2D eigenvalue weighted by Gasteiger charge is 2.31. The summed E-state index contributed by atoms with van der Waals surface area (Å²) >= 11 is 0. The molecular formula is C20H27N3. The minimum atomic E-state index is 0.322. The first kappa shape index (κ1) is 16.0.